The normalized spacial score (nSPS) is 13.9. The maximum absolute atomic E-state index is 13.1. The summed E-state index contributed by atoms with van der Waals surface area (Å²) < 4.78 is 15.3. The van der Waals surface area contributed by atoms with Gasteiger partial charge >= 0.3 is 0 Å². The molecule has 0 aliphatic carbocycles. The number of carbonyl (C=O) groups is 1. The first-order chi connectivity index (χ1) is 15.1. The van der Waals surface area contributed by atoms with Crippen LogP contribution in [0.15, 0.2) is 42.5 Å². The van der Waals surface area contributed by atoms with Crippen molar-refractivity contribution in [3.05, 3.63) is 64.4 Å². The second-order valence-electron chi connectivity index (χ2n) is 7.11. The van der Waals surface area contributed by atoms with E-state index in [1.165, 1.54) is 11.5 Å². The third-order valence-corrected chi connectivity index (χ3v) is 6.28. The lowest BCUT2D eigenvalue weighted by molar-refractivity contribution is 0.0739. The molecule has 0 bridgehead atoms. The van der Waals surface area contributed by atoms with Crippen LogP contribution in [0.5, 0.6) is 11.5 Å². The van der Waals surface area contributed by atoms with Crippen LogP contribution in [0.1, 0.15) is 21.7 Å². The highest BCUT2D eigenvalue weighted by atomic mass is 35.5. The monoisotopic (exact) mass is 458 g/mol. The third-order valence-electron chi connectivity index (χ3n) is 5.21. The van der Waals surface area contributed by atoms with Crippen molar-refractivity contribution in [3.8, 4) is 11.5 Å². The lowest BCUT2D eigenvalue weighted by Gasteiger charge is -2.34. The van der Waals surface area contributed by atoms with Crippen molar-refractivity contribution in [1.29, 1.82) is 0 Å². The topological polar surface area (TPSA) is 67.8 Å². The average Bonchev–Trinajstić information content (AvgIpc) is 3.28. The van der Waals surface area contributed by atoms with Crippen molar-refractivity contribution in [2.45, 2.75) is 6.42 Å². The first kappa shape index (κ1) is 21.4. The number of aromatic nitrogens is 2. The molecule has 0 N–H and O–H groups in total. The van der Waals surface area contributed by atoms with Crippen molar-refractivity contribution in [1.82, 2.24) is 14.3 Å². The Balaban J connectivity index is 1.40. The fourth-order valence-corrected chi connectivity index (χ4v) is 4.41. The van der Waals surface area contributed by atoms with Crippen molar-refractivity contribution < 1.29 is 14.3 Å². The molecular weight excluding hydrogens is 436 g/mol. The smallest absolute Gasteiger partial charge is 0.261 e. The molecule has 162 valence electrons. The van der Waals surface area contributed by atoms with Gasteiger partial charge in [0, 0.05) is 49.2 Å². The van der Waals surface area contributed by atoms with Gasteiger partial charge in [0.1, 0.15) is 22.9 Å². The van der Waals surface area contributed by atoms with Crippen LogP contribution < -0.4 is 14.4 Å². The molecule has 0 spiro atoms. The highest BCUT2D eigenvalue weighted by molar-refractivity contribution is 7.09. The molecular formula is C22H23ClN4O3S. The number of anilines is 1. The van der Waals surface area contributed by atoms with Crippen molar-refractivity contribution in [3.63, 3.8) is 0 Å². The van der Waals surface area contributed by atoms with Crippen LogP contribution in [0.2, 0.25) is 5.02 Å². The summed E-state index contributed by atoms with van der Waals surface area (Å²) in [5.74, 6) is 1.74. The minimum absolute atomic E-state index is 0.0883. The van der Waals surface area contributed by atoms with E-state index in [1.54, 1.807) is 26.4 Å². The van der Waals surface area contributed by atoms with Gasteiger partial charge in [0.25, 0.3) is 5.91 Å². The minimum Gasteiger partial charge on any atom is -0.496 e. The van der Waals surface area contributed by atoms with Crippen molar-refractivity contribution >= 4 is 34.2 Å². The molecule has 1 fully saturated rings. The zero-order chi connectivity index (χ0) is 21.8. The number of nitrogens with zero attached hydrogens (tertiary/aromatic N) is 4. The van der Waals surface area contributed by atoms with E-state index < -0.39 is 0 Å². The number of amides is 1. The molecule has 2 heterocycles. The van der Waals surface area contributed by atoms with Crippen LogP contribution in [0.4, 0.5) is 5.13 Å². The molecule has 7 nitrogen and oxygen atoms in total. The standard InChI is InChI=1S/C22H23ClN4O3S/c1-29-17-4-3-5-18(30-2)20(17)21(28)26-10-12-27(13-11-26)22-24-19(25-31-22)14-15-6-8-16(23)9-7-15/h3-9H,10-14H2,1-2H3. The Morgan fingerprint density at radius 3 is 2.29 bits per heavy atom. The molecule has 1 amide bonds. The summed E-state index contributed by atoms with van der Waals surface area (Å²) in [7, 11) is 3.11. The fraction of sp³-hybridized carbons (Fsp3) is 0.318. The molecule has 0 unspecified atom stereocenters. The predicted octanol–water partition coefficient (Wildman–Crippen LogP) is 3.76. The lowest BCUT2D eigenvalue weighted by Crippen LogP contribution is -2.48. The van der Waals surface area contributed by atoms with Crippen molar-refractivity contribution in [2.24, 2.45) is 0 Å². The van der Waals surface area contributed by atoms with Gasteiger partial charge in [-0.1, -0.05) is 29.8 Å². The van der Waals surface area contributed by atoms with Gasteiger partial charge in [0.2, 0.25) is 5.13 Å². The lowest BCUT2D eigenvalue weighted by atomic mass is 10.1. The Morgan fingerprint density at radius 1 is 1.03 bits per heavy atom. The van der Waals surface area contributed by atoms with Crippen LogP contribution in [-0.4, -0.2) is 60.6 Å². The predicted molar refractivity (Wildman–Crippen MR) is 122 cm³/mol. The molecule has 9 heteroatoms. The fourth-order valence-electron chi connectivity index (χ4n) is 3.55. The van der Waals surface area contributed by atoms with Gasteiger partial charge in [-0.25, -0.2) is 4.98 Å². The minimum atomic E-state index is -0.0883. The molecule has 2 aromatic carbocycles. The number of benzene rings is 2. The zero-order valence-corrected chi connectivity index (χ0v) is 18.9. The number of hydrogen-bond donors (Lipinski definition) is 0. The Hall–Kier alpha value is -2.84. The average molecular weight is 459 g/mol. The van der Waals surface area contributed by atoms with Gasteiger partial charge in [-0.3, -0.25) is 4.79 Å². The first-order valence-corrected chi connectivity index (χ1v) is 11.1. The first-order valence-electron chi connectivity index (χ1n) is 9.91. The maximum Gasteiger partial charge on any atom is 0.261 e. The van der Waals surface area contributed by atoms with E-state index in [4.69, 9.17) is 26.1 Å². The van der Waals surface area contributed by atoms with Crippen LogP contribution in [0, 0.1) is 0 Å². The quantitative estimate of drug-likeness (QED) is 0.560. The summed E-state index contributed by atoms with van der Waals surface area (Å²) in [5.41, 5.74) is 1.58. The summed E-state index contributed by atoms with van der Waals surface area (Å²) in [5, 5.41) is 1.60. The van der Waals surface area contributed by atoms with E-state index in [9.17, 15) is 4.79 Å². The number of methoxy groups -OCH3 is 2. The highest BCUT2D eigenvalue weighted by Gasteiger charge is 2.28. The van der Waals surface area contributed by atoms with Crippen LogP contribution in [0.25, 0.3) is 0 Å². The number of rotatable bonds is 6. The van der Waals surface area contributed by atoms with Crippen LogP contribution in [-0.2, 0) is 6.42 Å². The zero-order valence-electron chi connectivity index (χ0n) is 17.4. The molecule has 4 rings (SSSR count). The summed E-state index contributed by atoms with van der Waals surface area (Å²) >= 11 is 7.34. The SMILES string of the molecule is COc1cccc(OC)c1C(=O)N1CCN(c2nc(Cc3ccc(Cl)cc3)ns2)CC1. The van der Waals surface area contributed by atoms with E-state index in [0.29, 0.717) is 54.7 Å². The molecule has 0 atom stereocenters. The van der Waals surface area contributed by atoms with Gasteiger partial charge in [0.15, 0.2) is 0 Å². The Kier molecular flexibility index (Phi) is 6.58. The van der Waals surface area contributed by atoms with E-state index in [0.717, 1.165) is 16.5 Å². The Bertz CT molecular complexity index is 1030. The second-order valence-corrected chi connectivity index (χ2v) is 8.28. The number of carbonyl (C=O) groups excluding carboxylic acids is 1. The Morgan fingerprint density at radius 2 is 1.68 bits per heavy atom. The summed E-state index contributed by atoms with van der Waals surface area (Å²) in [6.45, 7) is 2.57. The second kappa shape index (κ2) is 9.53. The van der Waals surface area contributed by atoms with Gasteiger partial charge in [-0.05, 0) is 29.8 Å². The van der Waals surface area contributed by atoms with Crippen LogP contribution in [0.3, 0.4) is 0 Å². The highest BCUT2D eigenvalue weighted by Crippen LogP contribution is 2.30. The number of hydrogen-bond acceptors (Lipinski definition) is 7. The number of piperazine rings is 1. The van der Waals surface area contributed by atoms with E-state index in [-0.39, 0.29) is 5.91 Å². The summed E-state index contributed by atoms with van der Waals surface area (Å²) in [6, 6.07) is 13.1. The van der Waals surface area contributed by atoms with Gasteiger partial charge in [0.05, 0.1) is 14.2 Å². The number of halogens is 1. The van der Waals surface area contributed by atoms with Crippen LogP contribution >= 0.6 is 23.1 Å². The van der Waals surface area contributed by atoms with Gasteiger partial charge in [-0.2, -0.15) is 4.37 Å². The van der Waals surface area contributed by atoms with E-state index in [2.05, 4.69) is 9.27 Å². The maximum atomic E-state index is 13.1. The van der Waals surface area contributed by atoms with Gasteiger partial charge in [-0.15, -0.1) is 0 Å². The molecule has 1 aliphatic rings. The van der Waals surface area contributed by atoms with Gasteiger partial charge < -0.3 is 19.3 Å². The molecule has 31 heavy (non-hydrogen) atoms. The molecule has 0 radical (unpaired) electrons. The molecule has 1 saturated heterocycles. The van der Waals surface area contributed by atoms with E-state index in [1.807, 2.05) is 35.2 Å². The summed E-state index contributed by atoms with van der Waals surface area (Å²) in [6.07, 6.45) is 0.666. The molecule has 1 aliphatic heterocycles. The van der Waals surface area contributed by atoms with E-state index >= 15 is 0 Å². The molecule has 3 aromatic rings. The number of ether oxygens (including phenoxy) is 2. The van der Waals surface area contributed by atoms with Crippen molar-refractivity contribution in [2.75, 3.05) is 45.3 Å². The third kappa shape index (κ3) is 4.75. The molecule has 1 aromatic heterocycles. The summed E-state index contributed by atoms with van der Waals surface area (Å²) in [4.78, 5) is 21.8. The molecule has 0 saturated carbocycles. The largest absolute Gasteiger partial charge is 0.496 e. The Labute approximate surface area is 190 Å².